The van der Waals surface area contributed by atoms with Crippen LogP contribution in [-0.2, 0) is 6.54 Å². The first-order valence-corrected chi connectivity index (χ1v) is 6.86. The van der Waals surface area contributed by atoms with Gasteiger partial charge in [0.15, 0.2) is 5.78 Å². The van der Waals surface area contributed by atoms with Crippen LogP contribution >= 0.6 is 11.6 Å². The van der Waals surface area contributed by atoms with E-state index in [2.05, 4.69) is 5.32 Å². The number of halogens is 1. The average Bonchev–Trinajstić information content (AvgIpc) is 2.46. The first-order valence-electron chi connectivity index (χ1n) is 6.48. The third kappa shape index (κ3) is 3.47. The number of nitrogens with one attached hydrogen (secondary N) is 1. The van der Waals surface area contributed by atoms with Gasteiger partial charge in [-0.3, -0.25) is 4.79 Å². The minimum atomic E-state index is -0.0634. The molecule has 0 saturated carbocycles. The van der Waals surface area contributed by atoms with Crippen LogP contribution in [-0.4, -0.2) is 12.9 Å². The van der Waals surface area contributed by atoms with Gasteiger partial charge in [-0.1, -0.05) is 17.7 Å². The van der Waals surface area contributed by atoms with Crippen LogP contribution in [0.5, 0.6) is 5.75 Å². The van der Waals surface area contributed by atoms with Gasteiger partial charge in [0.1, 0.15) is 5.75 Å². The Balaban J connectivity index is 2.21. The number of nitrogens with two attached hydrogens (primary N) is 1. The highest BCUT2D eigenvalue weighted by Gasteiger charge is 2.09. The Morgan fingerprint density at radius 1 is 1.33 bits per heavy atom. The van der Waals surface area contributed by atoms with Crippen molar-refractivity contribution in [2.45, 2.75) is 13.5 Å². The Kier molecular flexibility index (Phi) is 4.70. The van der Waals surface area contributed by atoms with E-state index in [0.717, 1.165) is 17.0 Å². The van der Waals surface area contributed by atoms with E-state index in [0.29, 0.717) is 22.8 Å². The van der Waals surface area contributed by atoms with Crippen LogP contribution in [0.4, 0.5) is 11.4 Å². The molecule has 4 nitrogen and oxygen atoms in total. The monoisotopic (exact) mass is 304 g/mol. The van der Waals surface area contributed by atoms with E-state index in [1.165, 1.54) is 6.92 Å². The van der Waals surface area contributed by atoms with Crippen LogP contribution in [0.2, 0.25) is 5.02 Å². The van der Waals surface area contributed by atoms with Gasteiger partial charge in [-0.25, -0.2) is 0 Å². The molecule has 0 aliphatic carbocycles. The third-order valence-corrected chi connectivity index (χ3v) is 3.55. The average molecular weight is 305 g/mol. The van der Waals surface area contributed by atoms with Crippen molar-refractivity contribution in [2.75, 3.05) is 18.2 Å². The summed E-state index contributed by atoms with van der Waals surface area (Å²) < 4.78 is 5.30. The van der Waals surface area contributed by atoms with E-state index in [1.54, 1.807) is 19.2 Å². The quantitative estimate of drug-likeness (QED) is 0.652. The minimum Gasteiger partial charge on any atom is -0.496 e. The van der Waals surface area contributed by atoms with Crippen LogP contribution in [0.1, 0.15) is 22.8 Å². The molecule has 0 aromatic heterocycles. The maximum absolute atomic E-state index is 11.5. The molecule has 3 N–H and O–H groups in total. The lowest BCUT2D eigenvalue weighted by molar-refractivity contribution is 0.101. The van der Waals surface area contributed by atoms with Gasteiger partial charge < -0.3 is 15.8 Å². The first-order chi connectivity index (χ1) is 10.0. The van der Waals surface area contributed by atoms with Crippen molar-refractivity contribution in [3.63, 3.8) is 0 Å². The SMILES string of the molecule is COc1cccc(Cl)c1CNc1ccc(N)c(C(C)=O)c1. The molecule has 0 amide bonds. The smallest absolute Gasteiger partial charge is 0.161 e. The first kappa shape index (κ1) is 15.2. The molecule has 0 radical (unpaired) electrons. The van der Waals surface area contributed by atoms with Gasteiger partial charge in [-0.05, 0) is 37.3 Å². The Bertz CT molecular complexity index is 671. The number of carbonyl (C=O) groups is 1. The molecule has 0 fully saturated rings. The lowest BCUT2D eigenvalue weighted by Crippen LogP contribution is -2.05. The summed E-state index contributed by atoms with van der Waals surface area (Å²) in [5.74, 6) is 0.656. The molecule has 0 aliphatic rings. The largest absolute Gasteiger partial charge is 0.496 e. The van der Waals surface area contributed by atoms with Crippen molar-refractivity contribution in [1.29, 1.82) is 0 Å². The highest BCUT2D eigenvalue weighted by Crippen LogP contribution is 2.27. The summed E-state index contributed by atoms with van der Waals surface area (Å²) in [6.45, 7) is 1.98. The zero-order chi connectivity index (χ0) is 15.4. The van der Waals surface area contributed by atoms with E-state index in [4.69, 9.17) is 22.1 Å². The molecule has 0 unspecified atom stereocenters. The number of nitrogen functional groups attached to an aromatic ring is 1. The van der Waals surface area contributed by atoms with Crippen LogP contribution < -0.4 is 15.8 Å². The molecule has 0 bridgehead atoms. The van der Waals surface area contributed by atoms with Crippen LogP contribution in [0, 0.1) is 0 Å². The van der Waals surface area contributed by atoms with Gasteiger partial charge in [0.2, 0.25) is 0 Å². The summed E-state index contributed by atoms with van der Waals surface area (Å²) in [6.07, 6.45) is 0. The van der Waals surface area contributed by atoms with E-state index in [-0.39, 0.29) is 5.78 Å². The summed E-state index contributed by atoms with van der Waals surface area (Å²) in [7, 11) is 1.60. The van der Waals surface area contributed by atoms with Gasteiger partial charge in [-0.15, -0.1) is 0 Å². The standard InChI is InChI=1S/C16H17ClN2O2/c1-10(20)12-8-11(6-7-15(12)18)19-9-13-14(17)4-3-5-16(13)21-2/h3-8,19H,9,18H2,1-2H3. The van der Waals surface area contributed by atoms with Crippen molar-refractivity contribution < 1.29 is 9.53 Å². The van der Waals surface area contributed by atoms with Crippen LogP contribution in [0.15, 0.2) is 36.4 Å². The predicted molar refractivity (Wildman–Crippen MR) is 86.2 cm³/mol. The van der Waals surface area contributed by atoms with E-state index < -0.39 is 0 Å². The van der Waals surface area contributed by atoms with Gasteiger partial charge in [0.25, 0.3) is 0 Å². The summed E-state index contributed by atoms with van der Waals surface area (Å²) in [5.41, 5.74) is 8.42. The maximum Gasteiger partial charge on any atom is 0.161 e. The Labute approximate surface area is 128 Å². The Morgan fingerprint density at radius 3 is 2.76 bits per heavy atom. The number of benzene rings is 2. The summed E-state index contributed by atoms with van der Waals surface area (Å²) in [4.78, 5) is 11.5. The number of rotatable bonds is 5. The van der Waals surface area contributed by atoms with Crippen molar-refractivity contribution in [2.24, 2.45) is 0 Å². The van der Waals surface area contributed by atoms with Gasteiger partial charge >= 0.3 is 0 Å². The number of Topliss-reactive ketones (excluding diaryl/α,β-unsaturated/α-hetero) is 1. The molecule has 2 aromatic rings. The van der Waals surface area contributed by atoms with Crippen molar-refractivity contribution in [1.82, 2.24) is 0 Å². The second-order valence-corrected chi connectivity index (χ2v) is 5.04. The molecule has 21 heavy (non-hydrogen) atoms. The van der Waals surface area contributed by atoms with Gasteiger partial charge in [0, 0.05) is 34.1 Å². The third-order valence-electron chi connectivity index (χ3n) is 3.20. The van der Waals surface area contributed by atoms with E-state index in [1.807, 2.05) is 24.3 Å². The number of anilines is 2. The number of methoxy groups -OCH3 is 1. The van der Waals surface area contributed by atoms with Gasteiger partial charge in [-0.2, -0.15) is 0 Å². The lowest BCUT2D eigenvalue weighted by atomic mass is 10.1. The molecule has 2 aromatic carbocycles. The predicted octanol–water partition coefficient (Wildman–Crippen LogP) is 3.75. The Morgan fingerprint density at radius 2 is 2.10 bits per heavy atom. The molecule has 5 heteroatoms. The van der Waals surface area contributed by atoms with Crippen molar-refractivity contribution in [3.8, 4) is 5.75 Å². The molecule has 0 atom stereocenters. The summed E-state index contributed by atoms with van der Waals surface area (Å²) in [5, 5.41) is 3.86. The highest BCUT2D eigenvalue weighted by molar-refractivity contribution is 6.31. The van der Waals surface area contributed by atoms with Crippen molar-refractivity contribution >= 4 is 28.8 Å². The van der Waals surface area contributed by atoms with Crippen LogP contribution in [0.3, 0.4) is 0 Å². The number of hydrogen-bond acceptors (Lipinski definition) is 4. The fourth-order valence-electron chi connectivity index (χ4n) is 2.06. The lowest BCUT2D eigenvalue weighted by Gasteiger charge is -2.13. The molecule has 0 heterocycles. The van der Waals surface area contributed by atoms with Crippen molar-refractivity contribution in [3.05, 3.63) is 52.5 Å². The topological polar surface area (TPSA) is 64.3 Å². The van der Waals surface area contributed by atoms with E-state index >= 15 is 0 Å². The fraction of sp³-hybridized carbons (Fsp3) is 0.188. The molecule has 0 aliphatic heterocycles. The number of hydrogen-bond donors (Lipinski definition) is 2. The zero-order valence-corrected chi connectivity index (χ0v) is 12.7. The fourth-order valence-corrected chi connectivity index (χ4v) is 2.30. The number of ketones is 1. The Hall–Kier alpha value is -2.20. The maximum atomic E-state index is 11.5. The second kappa shape index (κ2) is 6.50. The highest BCUT2D eigenvalue weighted by atomic mass is 35.5. The molecular formula is C16H17ClN2O2. The number of carbonyl (C=O) groups excluding carboxylic acids is 1. The summed E-state index contributed by atoms with van der Waals surface area (Å²) in [6, 6.07) is 10.8. The second-order valence-electron chi connectivity index (χ2n) is 4.63. The van der Waals surface area contributed by atoms with E-state index in [9.17, 15) is 4.79 Å². The van der Waals surface area contributed by atoms with Crippen LogP contribution in [0.25, 0.3) is 0 Å². The summed E-state index contributed by atoms with van der Waals surface area (Å²) >= 11 is 6.19. The minimum absolute atomic E-state index is 0.0634. The molecular weight excluding hydrogens is 288 g/mol. The molecule has 0 spiro atoms. The normalized spacial score (nSPS) is 10.2. The number of ether oxygens (including phenoxy) is 1. The van der Waals surface area contributed by atoms with Gasteiger partial charge in [0.05, 0.1) is 7.11 Å². The molecule has 0 saturated heterocycles. The zero-order valence-electron chi connectivity index (χ0n) is 11.9. The molecule has 2 rings (SSSR count). The molecule has 110 valence electrons.